The summed E-state index contributed by atoms with van der Waals surface area (Å²) in [6.07, 6.45) is 1.75. The van der Waals surface area contributed by atoms with Gasteiger partial charge < -0.3 is 25.8 Å². The molecule has 8 nitrogen and oxygen atoms in total. The molecule has 0 saturated heterocycles. The number of thiazole rings is 1. The van der Waals surface area contributed by atoms with Gasteiger partial charge in [0.25, 0.3) is 5.91 Å². The van der Waals surface area contributed by atoms with Crippen LogP contribution in [0.3, 0.4) is 0 Å². The first-order valence-electron chi connectivity index (χ1n) is 9.34. The monoisotopic (exact) mass is 420 g/mol. The summed E-state index contributed by atoms with van der Waals surface area (Å²) in [6.45, 7) is 10.1. The smallest absolute Gasteiger partial charge is 0.407 e. The van der Waals surface area contributed by atoms with Gasteiger partial charge in [-0.05, 0) is 52.7 Å². The highest BCUT2D eigenvalue weighted by molar-refractivity contribution is 7.17. The van der Waals surface area contributed by atoms with E-state index in [0.717, 1.165) is 5.56 Å². The largest absolute Gasteiger partial charge is 0.508 e. The minimum atomic E-state index is -0.518. The summed E-state index contributed by atoms with van der Waals surface area (Å²) in [7, 11) is 0. The summed E-state index contributed by atoms with van der Waals surface area (Å²) in [5.74, 6) is -0.142. The van der Waals surface area contributed by atoms with E-state index in [1.54, 1.807) is 19.1 Å². The second-order valence-electron chi connectivity index (χ2n) is 7.59. The van der Waals surface area contributed by atoms with E-state index in [0.29, 0.717) is 40.8 Å². The molecule has 0 radical (unpaired) electrons. The molecule has 0 aliphatic carbocycles. The SMILES string of the molecule is Cc1ccc(O)c(C)c1NC(=O)c1cnc(NCCCNC(=O)OC(C)(C)C)s1. The van der Waals surface area contributed by atoms with Gasteiger partial charge in [0.15, 0.2) is 5.13 Å². The van der Waals surface area contributed by atoms with Crippen molar-refractivity contribution < 1.29 is 19.4 Å². The number of hydrogen-bond donors (Lipinski definition) is 4. The molecular formula is C20H28N4O4S. The number of nitrogens with zero attached hydrogens (tertiary/aromatic N) is 1. The Balaban J connectivity index is 1.80. The molecule has 1 aromatic carbocycles. The van der Waals surface area contributed by atoms with Crippen molar-refractivity contribution in [2.45, 2.75) is 46.6 Å². The summed E-state index contributed by atoms with van der Waals surface area (Å²) in [6, 6.07) is 3.36. The number of amides is 2. The number of nitrogens with one attached hydrogen (secondary N) is 3. The standard InChI is InChI=1S/C20H28N4O4S/c1-12-7-8-14(25)13(2)16(12)24-17(26)15-11-23-18(29-15)21-9-6-10-22-19(27)28-20(3,4)5/h7-8,11,25H,6,9-10H2,1-5H3,(H,21,23)(H,22,27)(H,24,26). The van der Waals surface area contributed by atoms with Crippen molar-refractivity contribution in [1.29, 1.82) is 0 Å². The number of rotatable bonds is 7. The molecule has 0 unspecified atom stereocenters. The second kappa shape index (κ2) is 9.60. The summed E-state index contributed by atoms with van der Waals surface area (Å²) in [5.41, 5.74) is 1.58. The minimum Gasteiger partial charge on any atom is -0.508 e. The van der Waals surface area contributed by atoms with Crippen LogP contribution in [0.2, 0.25) is 0 Å². The first-order chi connectivity index (χ1) is 13.6. The number of benzene rings is 1. The third-order valence-electron chi connectivity index (χ3n) is 3.91. The van der Waals surface area contributed by atoms with Crippen LogP contribution in [-0.4, -0.2) is 40.8 Å². The molecule has 0 spiro atoms. The lowest BCUT2D eigenvalue weighted by molar-refractivity contribution is 0.0527. The van der Waals surface area contributed by atoms with Gasteiger partial charge in [0.2, 0.25) is 0 Å². The molecule has 2 rings (SSSR count). The molecule has 1 aromatic heterocycles. The number of carbonyl (C=O) groups excluding carboxylic acids is 2. The molecule has 0 aliphatic rings. The molecule has 2 aromatic rings. The van der Waals surface area contributed by atoms with Crippen LogP contribution in [0, 0.1) is 13.8 Å². The molecule has 2 amide bonds. The lowest BCUT2D eigenvalue weighted by Crippen LogP contribution is -2.33. The van der Waals surface area contributed by atoms with Crippen molar-refractivity contribution in [3.05, 3.63) is 34.3 Å². The quantitative estimate of drug-likeness (QED) is 0.503. The fourth-order valence-corrected chi connectivity index (χ4v) is 3.19. The average Bonchev–Trinajstić information content (AvgIpc) is 3.09. The highest BCUT2D eigenvalue weighted by Gasteiger charge is 2.16. The van der Waals surface area contributed by atoms with Crippen molar-refractivity contribution in [3.63, 3.8) is 0 Å². The normalized spacial score (nSPS) is 11.1. The number of alkyl carbamates (subject to hydrolysis) is 1. The summed E-state index contributed by atoms with van der Waals surface area (Å²) in [4.78, 5) is 28.7. The predicted molar refractivity (Wildman–Crippen MR) is 115 cm³/mol. The van der Waals surface area contributed by atoms with Crippen molar-refractivity contribution in [2.75, 3.05) is 23.7 Å². The number of phenols is 1. The number of anilines is 2. The van der Waals surface area contributed by atoms with E-state index in [4.69, 9.17) is 4.74 Å². The second-order valence-corrected chi connectivity index (χ2v) is 8.63. The summed E-state index contributed by atoms with van der Waals surface area (Å²) < 4.78 is 5.16. The Bertz CT molecular complexity index is 874. The zero-order chi connectivity index (χ0) is 21.6. The van der Waals surface area contributed by atoms with E-state index < -0.39 is 11.7 Å². The Morgan fingerprint density at radius 2 is 1.93 bits per heavy atom. The van der Waals surface area contributed by atoms with E-state index >= 15 is 0 Å². The minimum absolute atomic E-state index is 0.137. The van der Waals surface area contributed by atoms with Crippen LogP contribution in [-0.2, 0) is 4.74 Å². The van der Waals surface area contributed by atoms with E-state index in [2.05, 4.69) is 20.9 Å². The van der Waals surface area contributed by atoms with Crippen molar-refractivity contribution in [1.82, 2.24) is 10.3 Å². The van der Waals surface area contributed by atoms with Gasteiger partial charge in [-0.2, -0.15) is 0 Å². The maximum Gasteiger partial charge on any atom is 0.407 e. The molecule has 29 heavy (non-hydrogen) atoms. The van der Waals surface area contributed by atoms with Gasteiger partial charge in [0, 0.05) is 18.7 Å². The summed E-state index contributed by atoms with van der Waals surface area (Å²) >= 11 is 1.24. The zero-order valence-electron chi connectivity index (χ0n) is 17.4. The fourth-order valence-electron chi connectivity index (χ4n) is 2.45. The Morgan fingerprint density at radius 1 is 1.21 bits per heavy atom. The predicted octanol–water partition coefficient (Wildman–Crippen LogP) is 4.04. The van der Waals surface area contributed by atoms with Gasteiger partial charge in [0.05, 0.1) is 11.9 Å². The number of carbonyl (C=O) groups is 2. The number of aromatic nitrogens is 1. The topological polar surface area (TPSA) is 113 Å². The maximum atomic E-state index is 12.5. The van der Waals surface area contributed by atoms with E-state index in [1.807, 2.05) is 27.7 Å². The lowest BCUT2D eigenvalue weighted by Gasteiger charge is -2.19. The van der Waals surface area contributed by atoms with E-state index in [9.17, 15) is 14.7 Å². The molecule has 9 heteroatoms. The summed E-state index contributed by atoms with van der Waals surface area (Å²) in [5, 5.41) is 19.1. The molecular weight excluding hydrogens is 392 g/mol. The Morgan fingerprint density at radius 3 is 2.62 bits per heavy atom. The van der Waals surface area contributed by atoms with Crippen LogP contribution in [0.1, 0.15) is 48.0 Å². The molecule has 0 bridgehead atoms. The van der Waals surface area contributed by atoms with Crippen LogP contribution in [0.15, 0.2) is 18.3 Å². The molecule has 0 atom stereocenters. The van der Waals surface area contributed by atoms with Crippen molar-refractivity contribution >= 4 is 34.2 Å². The Hall–Kier alpha value is -2.81. The highest BCUT2D eigenvalue weighted by Crippen LogP contribution is 2.29. The number of phenolic OH excluding ortho intramolecular Hbond substituents is 1. The molecule has 0 fully saturated rings. The van der Waals surface area contributed by atoms with Gasteiger partial charge in [-0.3, -0.25) is 4.79 Å². The van der Waals surface area contributed by atoms with Crippen LogP contribution in [0.5, 0.6) is 5.75 Å². The van der Waals surface area contributed by atoms with Crippen LogP contribution in [0.4, 0.5) is 15.6 Å². The van der Waals surface area contributed by atoms with Crippen LogP contribution >= 0.6 is 11.3 Å². The van der Waals surface area contributed by atoms with Crippen molar-refractivity contribution in [3.8, 4) is 5.75 Å². The number of aryl methyl sites for hydroxylation is 1. The van der Waals surface area contributed by atoms with E-state index in [1.165, 1.54) is 17.5 Å². The maximum absolute atomic E-state index is 12.5. The zero-order valence-corrected chi connectivity index (χ0v) is 18.2. The molecule has 1 heterocycles. The number of aromatic hydroxyl groups is 1. The van der Waals surface area contributed by atoms with Gasteiger partial charge in [-0.25, -0.2) is 9.78 Å². The first kappa shape index (κ1) is 22.5. The van der Waals surface area contributed by atoms with Crippen molar-refractivity contribution in [2.24, 2.45) is 0 Å². The number of hydrogen-bond acceptors (Lipinski definition) is 7. The third-order valence-corrected chi connectivity index (χ3v) is 4.86. The average molecular weight is 421 g/mol. The molecule has 4 N–H and O–H groups in total. The molecule has 158 valence electrons. The highest BCUT2D eigenvalue weighted by atomic mass is 32.1. The van der Waals surface area contributed by atoms with Gasteiger partial charge in [-0.15, -0.1) is 0 Å². The Kier molecular flexibility index (Phi) is 7.44. The van der Waals surface area contributed by atoms with Gasteiger partial charge >= 0.3 is 6.09 Å². The first-order valence-corrected chi connectivity index (χ1v) is 10.2. The molecule has 0 saturated carbocycles. The van der Waals surface area contributed by atoms with Crippen LogP contribution in [0.25, 0.3) is 0 Å². The van der Waals surface area contributed by atoms with Crippen LogP contribution < -0.4 is 16.0 Å². The lowest BCUT2D eigenvalue weighted by atomic mass is 10.1. The fraction of sp³-hybridized carbons (Fsp3) is 0.450. The number of ether oxygens (including phenoxy) is 1. The van der Waals surface area contributed by atoms with Gasteiger partial charge in [-0.1, -0.05) is 17.4 Å². The van der Waals surface area contributed by atoms with E-state index in [-0.39, 0.29) is 11.7 Å². The third kappa shape index (κ3) is 6.94. The Labute approximate surface area is 174 Å². The molecule has 0 aliphatic heterocycles. The van der Waals surface area contributed by atoms with Gasteiger partial charge in [0.1, 0.15) is 16.2 Å².